The summed E-state index contributed by atoms with van der Waals surface area (Å²) < 4.78 is 10.4. The lowest BCUT2D eigenvalue weighted by molar-refractivity contribution is -0.384. The summed E-state index contributed by atoms with van der Waals surface area (Å²) in [5.74, 6) is -0.270. The zero-order valence-electron chi connectivity index (χ0n) is 17.5. The van der Waals surface area contributed by atoms with Gasteiger partial charge in [0, 0.05) is 0 Å². The molecule has 0 heterocycles. The summed E-state index contributed by atoms with van der Waals surface area (Å²) in [6.07, 6.45) is 3.45. The van der Waals surface area contributed by atoms with E-state index in [1.165, 1.54) is 18.2 Å². The summed E-state index contributed by atoms with van der Waals surface area (Å²) in [5.41, 5.74) is -0.0254. The first-order chi connectivity index (χ1) is 13.6. The highest BCUT2D eigenvalue weighted by Crippen LogP contribution is 2.40. The van der Waals surface area contributed by atoms with Crippen LogP contribution < -0.4 is 10.1 Å². The van der Waals surface area contributed by atoms with Crippen molar-refractivity contribution in [3.05, 3.63) is 28.3 Å². The molecule has 8 heteroatoms. The molecule has 0 bridgehead atoms. The molecule has 1 fully saturated rings. The molecule has 2 rings (SSSR count). The fourth-order valence-electron chi connectivity index (χ4n) is 3.66. The normalized spacial score (nSPS) is 19.3. The lowest BCUT2D eigenvalue weighted by atomic mass is 9.70. The molecule has 1 aliphatic carbocycles. The van der Waals surface area contributed by atoms with E-state index < -0.39 is 17.4 Å². The van der Waals surface area contributed by atoms with Crippen LogP contribution in [0.15, 0.2) is 18.2 Å². The van der Waals surface area contributed by atoms with Gasteiger partial charge in [0.15, 0.2) is 6.61 Å². The van der Waals surface area contributed by atoms with Crippen LogP contribution in [0.1, 0.15) is 53.4 Å². The minimum absolute atomic E-state index is 0.0326. The van der Waals surface area contributed by atoms with Gasteiger partial charge in [0.05, 0.1) is 23.5 Å². The van der Waals surface area contributed by atoms with Crippen LogP contribution >= 0.6 is 0 Å². The number of amides is 1. The molecule has 1 amide bonds. The van der Waals surface area contributed by atoms with Crippen molar-refractivity contribution >= 4 is 23.3 Å². The first-order valence-electron chi connectivity index (χ1n) is 9.99. The summed E-state index contributed by atoms with van der Waals surface area (Å²) in [4.78, 5) is 35.0. The van der Waals surface area contributed by atoms with E-state index in [0.29, 0.717) is 18.3 Å². The molecular weight excluding hydrogens is 376 g/mol. The Morgan fingerprint density at radius 3 is 2.41 bits per heavy atom. The first-order valence-corrected chi connectivity index (χ1v) is 9.99. The third-order valence-electron chi connectivity index (χ3n) is 5.38. The Kier molecular flexibility index (Phi) is 7.59. The summed E-state index contributed by atoms with van der Waals surface area (Å²) in [7, 11) is 0. The van der Waals surface area contributed by atoms with Gasteiger partial charge in [0.2, 0.25) is 0 Å². The average molecular weight is 406 g/mol. The number of nitro groups is 1. The van der Waals surface area contributed by atoms with Gasteiger partial charge in [0.1, 0.15) is 11.4 Å². The number of benzene rings is 1. The molecule has 0 saturated heterocycles. The number of rotatable bonds is 7. The van der Waals surface area contributed by atoms with Crippen LogP contribution in [0, 0.1) is 27.4 Å². The Morgan fingerprint density at radius 2 is 1.86 bits per heavy atom. The smallest absolute Gasteiger partial charge is 0.309 e. The zero-order chi connectivity index (χ0) is 21.6. The number of hydrogen-bond donors (Lipinski definition) is 1. The largest absolute Gasteiger partial charge is 0.494 e. The number of nitro benzene ring substituents is 1. The molecule has 1 saturated carbocycles. The number of esters is 1. The molecule has 0 atom stereocenters. The van der Waals surface area contributed by atoms with Crippen molar-refractivity contribution in [2.45, 2.75) is 53.4 Å². The summed E-state index contributed by atoms with van der Waals surface area (Å²) in [6, 6.07) is 4.18. The molecule has 0 unspecified atom stereocenters. The lowest BCUT2D eigenvalue weighted by Gasteiger charge is -2.36. The van der Waals surface area contributed by atoms with Gasteiger partial charge in [-0.3, -0.25) is 19.7 Å². The maximum atomic E-state index is 12.3. The maximum Gasteiger partial charge on any atom is 0.309 e. The minimum atomic E-state index is -0.617. The van der Waals surface area contributed by atoms with Crippen molar-refractivity contribution in [1.29, 1.82) is 0 Å². The molecule has 0 spiro atoms. The Bertz CT molecular complexity index is 748. The van der Waals surface area contributed by atoms with Gasteiger partial charge in [-0.2, -0.15) is 0 Å². The summed E-state index contributed by atoms with van der Waals surface area (Å²) in [5, 5.41) is 13.7. The van der Waals surface area contributed by atoms with Gasteiger partial charge < -0.3 is 14.8 Å². The number of carbonyl (C=O) groups is 2. The van der Waals surface area contributed by atoms with Gasteiger partial charge in [-0.15, -0.1) is 0 Å². The highest BCUT2D eigenvalue weighted by atomic mass is 16.6. The van der Waals surface area contributed by atoms with Crippen molar-refractivity contribution < 1.29 is 24.0 Å². The molecule has 1 aromatic carbocycles. The van der Waals surface area contributed by atoms with E-state index in [1.807, 2.05) is 0 Å². The Morgan fingerprint density at radius 1 is 1.21 bits per heavy atom. The highest BCUT2D eigenvalue weighted by molar-refractivity contribution is 5.95. The second-order valence-electron chi connectivity index (χ2n) is 8.44. The molecular formula is C21H30N2O6. The molecule has 8 nitrogen and oxygen atoms in total. The van der Waals surface area contributed by atoms with Crippen molar-refractivity contribution in [3.63, 3.8) is 0 Å². The van der Waals surface area contributed by atoms with Gasteiger partial charge in [0.25, 0.3) is 11.6 Å². The van der Waals surface area contributed by atoms with Crippen LogP contribution in [0.4, 0.5) is 11.4 Å². The third-order valence-corrected chi connectivity index (χ3v) is 5.38. The van der Waals surface area contributed by atoms with Gasteiger partial charge in [-0.1, -0.05) is 20.8 Å². The Hall–Kier alpha value is -2.64. The second kappa shape index (κ2) is 9.71. The minimum Gasteiger partial charge on any atom is -0.494 e. The van der Waals surface area contributed by atoms with Crippen molar-refractivity contribution in [1.82, 2.24) is 0 Å². The number of anilines is 1. The highest BCUT2D eigenvalue weighted by Gasteiger charge is 2.33. The van der Waals surface area contributed by atoms with Crippen molar-refractivity contribution in [2.24, 2.45) is 17.3 Å². The maximum absolute atomic E-state index is 12.3. The van der Waals surface area contributed by atoms with Gasteiger partial charge in [-0.05, 0) is 56.1 Å². The predicted molar refractivity (Wildman–Crippen MR) is 109 cm³/mol. The molecule has 1 aromatic rings. The molecule has 1 aliphatic rings. The molecule has 160 valence electrons. The van der Waals surface area contributed by atoms with E-state index in [4.69, 9.17) is 9.47 Å². The summed E-state index contributed by atoms with van der Waals surface area (Å²) >= 11 is 0. The van der Waals surface area contributed by atoms with E-state index in [9.17, 15) is 19.7 Å². The quantitative estimate of drug-likeness (QED) is 0.410. The molecule has 1 N–H and O–H groups in total. The van der Waals surface area contributed by atoms with E-state index in [2.05, 4.69) is 26.1 Å². The van der Waals surface area contributed by atoms with Crippen LogP contribution in [0.25, 0.3) is 0 Å². The zero-order valence-corrected chi connectivity index (χ0v) is 17.5. The van der Waals surface area contributed by atoms with E-state index in [1.54, 1.807) is 6.92 Å². The van der Waals surface area contributed by atoms with E-state index in [0.717, 1.165) is 25.7 Å². The van der Waals surface area contributed by atoms with Crippen LogP contribution in [-0.2, 0) is 14.3 Å². The van der Waals surface area contributed by atoms with Crippen LogP contribution in [-0.4, -0.2) is 30.0 Å². The number of ether oxygens (including phenoxy) is 2. The van der Waals surface area contributed by atoms with Crippen molar-refractivity contribution in [2.75, 3.05) is 18.5 Å². The molecule has 29 heavy (non-hydrogen) atoms. The van der Waals surface area contributed by atoms with E-state index >= 15 is 0 Å². The second-order valence-corrected chi connectivity index (χ2v) is 8.44. The number of hydrogen-bond acceptors (Lipinski definition) is 6. The molecule has 0 aliphatic heterocycles. The lowest BCUT2D eigenvalue weighted by Crippen LogP contribution is -2.31. The van der Waals surface area contributed by atoms with Crippen LogP contribution in [0.2, 0.25) is 0 Å². The van der Waals surface area contributed by atoms with E-state index in [-0.39, 0.29) is 28.7 Å². The average Bonchev–Trinajstić information content (AvgIpc) is 2.66. The number of nitrogens with one attached hydrogen (secondary N) is 1. The number of nitrogens with zero attached hydrogens (tertiary/aromatic N) is 1. The first kappa shape index (κ1) is 22.6. The fourth-order valence-corrected chi connectivity index (χ4v) is 3.66. The fraction of sp³-hybridized carbons (Fsp3) is 0.619. The SMILES string of the molecule is CCOc1ccc(NC(=O)COC(=O)C2CCC(C(C)(C)C)CC2)c([N+](=O)[O-])c1. The van der Waals surface area contributed by atoms with Gasteiger partial charge >= 0.3 is 5.97 Å². The Labute approximate surface area is 171 Å². The van der Waals surface area contributed by atoms with Crippen molar-refractivity contribution in [3.8, 4) is 5.75 Å². The third kappa shape index (κ3) is 6.44. The number of carbonyl (C=O) groups excluding carboxylic acids is 2. The topological polar surface area (TPSA) is 108 Å². The predicted octanol–water partition coefficient (Wildman–Crippen LogP) is 4.33. The van der Waals surface area contributed by atoms with Gasteiger partial charge in [-0.25, -0.2) is 0 Å². The monoisotopic (exact) mass is 406 g/mol. The summed E-state index contributed by atoms with van der Waals surface area (Å²) in [6.45, 7) is 8.30. The van der Waals surface area contributed by atoms with Crippen LogP contribution in [0.3, 0.4) is 0 Å². The standard InChI is InChI=1S/C21H30N2O6/c1-5-28-16-10-11-17(18(12-16)23(26)27)22-19(24)13-29-20(25)14-6-8-15(9-7-14)21(2,3)4/h10-12,14-15H,5-9,13H2,1-4H3,(H,22,24). The Balaban J connectivity index is 1.87. The van der Waals surface area contributed by atoms with Crippen LogP contribution in [0.5, 0.6) is 5.75 Å². The molecule has 0 aromatic heterocycles. The molecule has 0 radical (unpaired) electrons.